The Bertz CT molecular complexity index is 854. The summed E-state index contributed by atoms with van der Waals surface area (Å²) in [7, 11) is 0. The van der Waals surface area contributed by atoms with E-state index in [1.165, 1.54) is 13.0 Å². The minimum Gasteiger partial charge on any atom is -0.367 e. The Balaban J connectivity index is 1.53. The van der Waals surface area contributed by atoms with Crippen LogP contribution in [0.15, 0.2) is 47.4 Å². The zero-order valence-corrected chi connectivity index (χ0v) is 16.5. The summed E-state index contributed by atoms with van der Waals surface area (Å²) >= 11 is 7.39. The van der Waals surface area contributed by atoms with Crippen molar-refractivity contribution in [3.63, 3.8) is 0 Å². The molecule has 0 spiro atoms. The van der Waals surface area contributed by atoms with Crippen molar-refractivity contribution in [3.8, 4) is 0 Å². The highest BCUT2D eigenvalue weighted by Crippen LogP contribution is 2.27. The molecule has 0 atom stereocenters. The molecule has 2 aromatic carbocycles. The van der Waals surface area contributed by atoms with Crippen molar-refractivity contribution < 1.29 is 14.0 Å². The molecule has 0 saturated carbocycles. The molecule has 0 N–H and O–H groups in total. The van der Waals surface area contributed by atoms with Crippen LogP contribution in [0.2, 0.25) is 5.02 Å². The molecule has 0 radical (unpaired) electrons. The summed E-state index contributed by atoms with van der Waals surface area (Å²) in [6.45, 7) is 4.03. The molecule has 27 heavy (non-hydrogen) atoms. The molecule has 1 aliphatic heterocycles. The monoisotopic (exact) mass is 406 g/mol. The number of piperazine rings is 1. The summed E-state index contributed by atoms with van der Waals surface area (Å²) in [5, 5.41) is 0.706. The maximum absolute atomic E-state index is 14.1. The molecule has 0 bridgehead atoms. The van der Waals surface area contributed by atoms with E-state index in [9.17, 15) is 14.0 Å². The summed E-state index contributed by atoms with van der Waals surface area (Å²) in [6, 6.07) is 12.0. The minimum atomic E-state index is -0.468. The Morgan fingerprint density at radius 2 is 1.81 bits per heavy atom. The first-order valence-corrected chi connectivity index (χ1v) is 10.0. The summed E-state index contributed by atoms with van der Waals surface area (Å²) in [5.74, 6) is -0.501. The van der Waals surface area contributed by atoms with Gasteiger partial charge in [0, 0.05) is 36.6 Å². The largest absolute Gasteiger partial charge is 0.367 e. The fraction of sp³-hybridized carbons (Fsp3) is 0.300. The van der Waals surface area contributed by atoms with Crippen LogP contribution in [0.4, 0.5) is 10.1 Å². The predicted octanol–water partition coefficient (Wildman–Crippen LogP) is 4.12. The molecular weight excluding hydrogens is 387 g/mol. The number of amides is 1. The number of carbonyl (C=O) groups is 2. The Morgan fingerprint density at radius 3 is 2.44 bits per heavy atom. The SMILES string of the molecule is CC(=O)c1ccc(SCC(=O)N2CCN(c3ccccc3Cl)CC2)c(F)c1. The Labute approximate surface area is 167 Å². The average molecular weight is 407 g/mol. The maximum Gasteiger partial charge on any atom is 0.233 e. The van der Waals surface area contributed by atoms with Gasteiger partial charge in [0.2, 0.25) is 5.91 Å². The first-order chi connectivity index (χ1) is 13.0. The van der Waals surface area contributed by atoms with Crippen LogP contribution in [0.5, 0.6) is 0 Å². The first-order valence-electron chi connectivity index (χ1n) is 8.66. The van der Waals surface area contributed by atoms with Crippen LogP contribution in [0.3, 0.4) is 0 Å². The van der Waals surface area contributed by atoms with Crippen molar-refractivity contribution in [2.24, 2.45) is 0 Å². The van der Waals surface area contributed by atoms with Gasteiger partial charge in [-0.25, -0.2) is 4.39 Å². The third-order valence-corrected chi connectivity index (χ3v) is 5.87. The zero-order valence-electron chi connectivity index (χ0n) is 15.0. The molecule has 3 rings (SSSR count). The number of anilines is 1. The van der Waals surface area contributed by atoms with E-state index in [4.69, 9.17) is 11.6 Å². The first kappa shape index (κ1) is 19.7. The standard InChI is InChI=1S/C20H20ClFN2O2S/c1-14(25)15-6-7-19(17(22)12-15)27-13-20(26)24-10-8-23(9-11-24)18-5-3-2-4-16(18)21/h2-7,12H,8-11,13H2,1H3. The minimum absolute atomic E-state index is 0.0196. The number of rotatable bonds is 5. The highest BCUT2D eigenvalue weighted by Gasteiger charge is 2.22. The Hall–Kier alpha value is -2.05. The van der Waals surface area contributed by atoms with Gasteiger partial charge >= 0.3 is 0 Å². The van der Waals surface area contributed by atoms with Crippen LogP contribution >= 0.6 is 23.4 Å². The summed E-state index contributed by atoms with van der Waals surface area (Å²) in [6.07, 6.45) is 0. The van der Waals surface area contributed by atoms with Gasteiger partial charge < -0.3 is 9.80 Å². The number of halogens is 2. The number of Topliss-reactive ketones (excluding diaryl/α,β-unsaturated/α-hetero) is 1. The van der Waals surface area contributed by atoms with E-state index in [0.29, 0.717) is 41.7 Å². The topological polar surface area (TPSA) is 40.6 Å². The maximum atomic E-state index is 14.1. The second kappa shape index (κ2) is 8.76. The lowest BCUT2D eigenvalue weighted by molar-refractivity contribution is -0.128. The molecule has 0 unspecified atom stereocenters. The van der Waals surface area contributed by atoms with Gasteiger partial charge in [-0.1, -0.05) is 29.8 Å². The Morgan fingerprint density at radius 1 is 1.11 bits per heavy atom. The molecule has 0 aliphatic carbocycles. The predicted molar refractivity (Wildman–Crippen MR) is 107 cm³/mol. The van der Waals surface area contributed by atoms with Gasteiger partial charge in [0.05, 0.1) is 16.5 Å². The number of benzene rings is 2. The third kappa shape index (κ3) is 4.82. The van der Waals surface area contributed by atoms with Gasteiger partial charge in [0.1, 0.15) is 5.82 Å². The molecule has 2 aromatic rings. The molecular formula is C20H20ClFN2O2S. The van der Waals surface area contributed by atoms with E-state index in [1.54, 1.807) is 17.0 Å². The van der Waals surface area contributed by atoms with Crippen LogP contribution in [-0.4, -0.2) is 48.5 Å². The molecule has 1 heterocycles. The van der Waals surface area contributed by atoms with Crippen molar-refractivity contribution >= 4 is 40.7 Å². The fourth-order valence-electron chi connectivity index (χ4n) is 2.97. The van der Waals surface area contributed by atoms with E-state index >= 15 is 0 Å². The van der Waals surface area contributed by atoms with Crippen LogP contribution in [0, 0.1) is 5.82 Å². The lowest BCUT2D eigenvalue weighted by Crippen LogP contribution is -2.49. The number of carbonyl (C=O) groups excluding carboxylic acids is 2. The van der Waals surface area contributed by atoms with E-state index in [-0.39, 0.29) is 17.4 Å². The van der Waals surface area contributed by atoms with Crippen LogP contribution in [-0.2, 0) is 4.79 Å². The van der Waals surface area contributed by atoms with E-state index in [1.807, 2.05) is 24.3 Å². The lowest BCUT2D eigenvalue weighted by Gasteiger charge is -2.36. The van der Waals surface area contributed by atoms with Crippen molar-refractivity contribution in [2.45, 2.75) is 11.8 Å². The van der Waals surface area contributed by atoms with Crippen molar-refractivity contribution in [1.29, 1.82) is 0 Å². The molecule has 142 valence electrons. The van der Waals surface area contributed by atoms with Gasteiger partial charge in [-0.2, -0.15) is 0 Å². The quantitative estimate of drug-likeness (QED) is 0.553. The van der Waals surface area contributed by atoms with Gasteiger partial charge in [-0.15, -0.1) is 11.8 Å². The zero-order chi connectivity index (χ0) is 19.4. The molecule has 1 aliphatic rings. The number of hydrogen-bond acceptors (Lipinski definition) is 4. The second-order valence-electron chi connectivity index (χ2n) is 6.31. The van der Waals surface area contributed by atoms with Crippen molar-refractivity contribution in [2.75, 3.05) is 36.8 Å². The summed E-state index contributed by atoms with van der Waals surface area (Å²) < 4.78 is 14.1. The molecule has 1 fully saturated rings. The summed E-state index contributed by atoms with van der Waals surface area (Å²) in [5.41, 5.74) is 1.31. The molecule has 4 nitrogen and oxygen atoms in total. The number of thioether (sulfide) groups is 1. The highest BCUT2D eigenvalue weighted by molar-refractivity contribution is 8.00. The lowest BCUT2D eigenvalue weighted by atomic mass is 10.1. The van der Waals surface area contributed by atoms with Gasteiger partial charge in [0.25, 0.3) is 0 Å². The Kier molecular flexibility index (Phi) is 6.39. The average Bonchev–Trinajstić information content (AvgIpc) is 2.67. The number of ketones is 1. The van der Waals surface area contributed by atoms with Crippen LogP contribution in [0.25, 0.3) is 0 Å². The van der Waals surface area contributed by atoms with Gasteiger partial charge in [0.15, 0.2) is 5.78 Å². The van der Waals surface area contributed by atoms with Crippen LogP contribution < -0.4 is 4.90 Å². The molecule has 0 aromatic heterocycles. The second-order valence-corrected chi connectivity index (χ2v) is 7.73. The number of nitrogens with zero attached hydrogens (tertiary/aromatic N) is 2. The molecule has 1 amide bonds. The van der Waals surface area contributed by atoms with Crippen molar-refractivity contribution in [1.82, 2.24) is 4.90 Å². The number of para-hydroxylation sites is 1. The number of hydrogen-bond donors (Lipinski definition) is 0. The fourth-order valence-corrected chi connectivity index (χ4v) is 4.05. The van der Waals surface area contributed by atoms with E-state index in [2.05, 4.69) is 4.90 Å². The molecule has 7 heteroatoms. The summed E-state index contributed by atoms with van der Waals surface area (Å²) in [4.78, 5) is 28.1. The highest BCUT2D eigenvalue weighted by atomic mass is 35.5. The van der Waals surface area contributed by atoms with E-state index in [0.717, 1.165) is 17.4 Å². The molecule has 1 saturated heterocycles. The normalized spacial score (nSPS) is 14.3. The van der Waals surface area contributed by atoms with E-state index < -0.39 is 5.82 Å². The third-order valence-electron chi connectivity index (χ3n) is 4.52. The van der Waals surface area contributed by atoms with Crippen molar-refractivity contribution in [3.05, 3.63) is 58.9 Å². The van der Waals surface area contributed by atoms with Gasteiger partial charge in [-0.3, -0.25) is 9.59 Å². The van der Waals surface area contributed by atoms with Gasteiger partial charge in [-0.05, 0) is 31.2 Å². The van der Waals surface area contributed by atoms with Crippen LogP contribution in [0.1, 0.15) is 17.3 Å². The smallest absolute Gasteiger partial charge is 0.233 e.